The zero-order chi connectivity index (χ0) is 15.9. The molecule has 124 valence electrons. The van der Waals surface area contributed by atoms with Crippen molar-refractivity contribution < 1.29 is 9.53 Å². The highest BCUT2D eigenvalue weighted by Gasteiger charge is 2.23. The van der Waals surface area contributed by atoms with E-state index >= 15 is 0 Å². The average Bonchev–Trinajstić information content (AvgIpc) is 2.36. The Hall–Kier alpha value is -0.770. The SMILES string of the molecule is CC(C)C1CCCC(NCCCNC(=O)OC(C)(C)C)C1. The van der Waals surface area contributed by atoms with Crippen LogP contribution in [0.3, 0.4) is 0 Å². The van der Waals surface area contributed by atoms with Crippen LogP contribution < -0.4 is 10.6 Å². The minimum Gasteiger partial charge on any atom is -0.444 e. The lowest BCUT2D eigenvalue weighted by Crippen LogP contribution is -2.38. The fourth-order valence-corrected chi connectivity index (χ4v) is 2.92. The van der Waals surface area contributed by atoms with E-state index in [1.807, 2.05) is 20.8 Å². The molecule has 0 aromatic carbocycles. The van der Waals surface area contributed by atoms with E-state index in [9.17, 15) is 4.79 Å². The monoisotopic (exact) mass is 298 g/mol. The first-order valence-electron chi connectivity index (χ1n) is 8.48. The standard InChI is InChI=1S/C17H34N2O2/c1-13(2)14-8-6-9-15(12-14)18-10-7-11-19-16(20)21-17(3,4)5/h13-15,18H,6-12H2,1-5H3,(H,19,20). The highest BCUT2D eigenvalue weighted by atomic mass is 16.6. The summed E-state index contributed by atoms with van der Waals surface area (Å²) in [7, 11) is 0. The number of ether oxygens (including phenoxy) is 1. The van der Waals surface area contributed by atoms with Crippen LogP contribution in [-0.2, 0) is 4.74 Å². The highest BCUT2D eigenvalue weighted by Crippen LogP contribution is 2.29. The molecule has 1 fully saturated rings. The van der Waals surface area contributed by atoms with Crippen molar-refractivity contribution in [2.24, 2.45) is 11.8 Å². The molecule has 2 N–H and O–H groups in total. The fraction of sp³-hybridized carbons (Fsp3) is 0.941. The number of hydrogen-bond acceptors (Lipinski definition) is 3. The summed E-state index contributed by atoms with van der Waals surface area (Å²) in [4.78, 5) is 11.5. The molecule has 0 spiro atoms. The van der Waals surface area contributed by atoms with E-state index in [-0.39, 0.29) is 6.09 Å². The summed E-state index contributed by atoms with van der Waals surface area (Å²) in [6.45, 7) is 11.9. The lowest BCUT2D eigenvalue weighted by Gasteiger charge is -2.32. The molecule has 0 heterocycles. The summed E-state index contributed by atoms with van der Waals surface area (Å²) in [5.41, 5.74) is -0.420. The Kier molecular flexibility index (Phi) is 7.50. The van der Waals surface area contributed by atoms with Crippen molar-refractivity contribution in [1.29, 1.82) is 0 Å². The molecule has 2 unspecified atom stereocenters. The maximum Gasteiger partial charge on any atom is 0.407 e. The van der Waals surface area contributed by atoms with Crippen LogP contribution in [0.25, 0.3) is 0 Å². The molecule has 0 aliphatic heterocycles. The molecule has 4 nitrogen and oxygen atoms in total. The predicted octanol–water partition coefficient (Wildman–Crippen LogP) is 3.71. The van der Waals surface area contributed by atoms with Crippen molar-refractivity contribution >= 4 is 6.09 Å². The van der Waals surface area contributed by atoms with Gasteiger partial charge in [0.1, 0.15) is 5.60 Å². The van der Waals surface area contributed by atoms with E-state index in [0.717, 1.165) is 24.8 Å². The topological polar surface area (TPSA) is 50.4 Å². The summed E-state index contributed by atoms with van der Waals surface area (Å²) in [6.07, 6.45) is 5.95. The first-order chi connectivity index (χ1) is 9.78. The van der Waals surface area contributed by atoms with Gasteiger partial charge in [-0.1, -0.05) is 26.7 Å². The molecule has 1 rings (SSSR count). The number of nitrogens with one attached hydrogen (secondary N) is 2. The fourth-order valence-electron chi connectivity index (χ4n) is 2.92. The summed E-state index contributed by atoms with van der Waals surface area (Å²) < 4.78 is 5.20. The van der Waals surface area contributed by atoms with Crippen molar-refractivity contribution in [3.05, 3.63) is 0 Å². The van der Waals surface area contributed by atoms with Crippen molar-refractivity contribution in [3.63, 3.8) is 0 Å². The van der Waals surface area contributed by atoms with Gasteiger partial charge in [0, 0.05) is 12.6 Å². The van der Waals surface area contributed by atoms with Gasteiger partial charge in [0.15, 0.2) is 0 Å². The third-order valence-electron chi connectivity index (χ3n) is 4.11. The largest absolute Gasteiger partial charge is 0.444 e. The van der Waals surface area contributed by atoms with Crippen LogP contribution in [0.5, 0.6) is 0 Å². The molecule has 0 bridgehead atoms. The first kappa shape index (κ1) is 18.3. The van der Waals surface area contributed by atoms with E-state index in [4.69, 9.17) is 4.74 Å². The summed E-state index contributed by atoms with van der Waals surface area (Å²) in [5.74, 6) is 1.67. The van der Waals surface area contributed by atoms with Crippen LogP contribution in [0.1, 0.15) is 66.7 Å². The summed E-state index contributed by atoms with van der Waals surface area (Å²) >= 11 is 0. The Morgan fingerprint density at radius 3 is 2.57 bits per heavy atom. The van der Waals surface area contributed by atoms with Crippen molar-refractivity contribution in [1.82, 2.24) is 10.6 Å². The lowest BCUT2D eigenvalue weighted by molar-refractivity contribution is 0.0527. The second-order valence-electron chi connectivity index (χ2n) is 7.60. The molecule has 2 atom stereocenters. The third kappa shape index (κ3) is 8.30. The number of amides is 1. The molecular weight excluding hydrogens is 264 g/mol. The number of hydrogen-bond donors (Lipinski definition) is 2. The molecule has 4 heteroatoms. The molecule has 1 aliphatic rings. The van der Waals surface area contributed by atoms with Gasteiger partial charge in [-0.2, -0.15) is 0 Å². The zero-order valence-corrected chi connectivity index (χ0v) is 14.5. The number of carbonyl (C=O) groups excluding carboxylic acids is 1. The van der Waals surface area contributed by atoms with Gasteiger partial charge >= 0.3 is 6.09 Å². The maximum atomic E-state index is 11.5. The van der Waals surface area contributed by atoms with Gasteiger partial charge in [0.2, 0.25) is 0 Å². The second kappa shape index (κ2) is 8.62. The van der Waals surface area contributed by atoms with E-state index < -0.39 is 5.60 Å². The maximum absolute atomic E-state index is 11.5. The summed E-state index contributed by atoms with van der Waals surface area (Å²) in [5, 5.41) is 6.44. The van der Waals surface area contributed by atoms with Gasteiger partial charge < -0.3 is 15.4 Å². The van der Waals surface area contributed by atoms with Gasteiger partial charge in [0.05, 0.1) is 0 Å². The molecule has 1 aliphatic carbocycles. The van der Waals surface area contributed by atoms with Crippen LogP contribution in [0.15, 0.2) is 0 Å². The Morgan fingerprint density at radius 1 is 1.24 bits per heavy atom. The van der Waals surface area contributed by atoms with Crippen LogP contribution in [-0.4, -0.2) is 30.8 Å². The van der Waals surface area contributed by atoms with Gasteiger partial charge in [-0.3, -0.25) is 0 Å². The molecule has 0 aromatic heterocycles. The predicted molar refractivity (Wildman–Crippen MR) is 87.4 cm³/mol. The molecule has 21 heavy (non-hydrogen) atoms. The quantitative estimate of drug-likeness (QED) is 0.735. The Balaban J connectivity index is 2.07. The van der Waals surface area contributed by atoms with Crippen LogP contribution in [0.4, 0.5) is 4.79 Å². The smallest absolute Gasteiger partial charge is 0.407 e. The van der Waals surface area contributed by atoms with Crippen LogP contribution in [0, 0.1) is 11.8 Å². The number of carbonyl (C=O) groups is 1. The summed E-state index contributed by atoms with van der Waals surface area (Å²) in [6, 6.07) is 0.660. The van der Waals surface area contributed by atoms with Crippen molar-refractivity contribution in [2.75, 3.05) is 13.1 Å². The van der Waals surface area contributed by atoms with E-state index in [1.165, 1.54) is 25.7 Å². The van der Waals surface area contributed by atoms with E-state index in [1.54, 1.807) is 0 Å². The zero-order valence-electron chi connectivity index (χ0n) is 14.5. The van der Waals surface area contributed by atoms with Crippen LogP contribution >= 0.6 is 0 Å². The number of rotatable bonds is 6. The molecular formula is C17H34N2O2. The average molecular weight is 298 g/mol. The molecule has 1 saturated carbocycles. The van der Waals surface area contributed by atoms with Gasteiger partial charge in [-0.25, -0.2) is 4.79 Å². The third-order valence-corrected chi connectivity index (χ3v) is 4.11. The first-order valence-corrected chi connectivity index (χ1v) is 8.48. The molecule has 0 saturated heterocycles. The van der Waals surface area contributed by atoms with Crippen molar-refractivity contribution in [3.8, 4) is 0 Å². The Morgan fingerprint density at radius 2 is 1.95 bits per heavy atom. The number of alkyl carbamates (subject to hydrolysis) is 1. The molecule has 0 aromatic rings. The van der Waals surface area contributed by atoms with Gasteiger partial charge in [-0.15, -0.1) is 0 Å². The minimum absolute atomic E-state index is 0.319. The normalized spacial score (nSPS) is 23.1. The van der Waals surface area contributed by atoms with E-state index in [0.29, 0.717) is 12.6 Å². The van der Waals surface area contributed by atoms with Crippen LogP contribution in [0.2, 0.25) is 0 Å². The minimum atomic E-state index is -0.420. The van der Waals surface area contributed by atoms with Gasteiger partial charge in [0.25, 0.3) is 0 Å². The Bertz CT molecular complexity index is 310. The highest BCUT2D eigenvalue weighted by molar-refractivity contribution is 5.67. The van der Waals surface area contributed by atoms with E-state index in [2.05, 4.69) is 24.5 Å². The van der Waals surface area contributed by atoms with Gasteiger partial charge in [-0.05, 0) is 58.4 Å². The second-order valence-corrected chi connectivity index (χ2v) is 7.60. The van der Waals surface area contributed by atoms with Crippen molar-refractivity contribution in [2.45, 2.75) is 78.4 Å². The Labute approximate surface area is 130 Å². The lowest BCUT2D eigenvalue weighted by atomic mass is 9.79. The molecule has 1 amide bonds. The molecule has 0 radical (unpaired) electrons.